The Bertz CT molecular complexity index is 1520. The van der Waals surface area contributed by atoms with Gasteiger partial charge in [0.05, 0.1) is 27.2 Å². The van der Waals surface area contributed by atoms with Crippen LogP contribution in [0.4, 0.5) is 0 Å². The molecule has 2 N–H and O–H groups in total. The maximum atomic E-state index is 13.0. The summed E-state index contributed by atoms with van der Waals surface area (Å²) in [5.41, 5.74) is 4.64. The number of aryl methyl sites for hydroxylation is 1. The second-order valence-corrected chi connectivity index (χ2v) is 10.7. The van der Waals surface area contributed by atoms with Crippen LogP contribution in [0.3, 0.4) is 0 Å². The molecule has 190 valence electrons. The first-order chi connectivity index (χ1) is 17.7. The van der Waals surface area contributed by atoms with Crippen LogP contribution in [-0.2, 0) is 14.8 Å². The molecule has 1 aromatic heterocycles. The summed E-state index contributed by atoms with van der Waals surface area (Å²) in [4.78, 5) is 12.8. The molecule has 10 heteroatoms. The van der Waals surface area contributed by atoms with Gasteiger partial charge in [-0.3, -0.25) is 4.79 Å². The van der Waals surface area contributed by atoms with Crippen LogP contribution in [0.5, 0.6) is 0 Å². The number of rotatable bonds is 9. The van der Waals surface area contributed by atoms with Gasteiger partial charge in [0.25, 0.3) is 0 Å². The highest BCUT2D eigenvalue weighted by atomic mass is 35.5. The zero-order valence-corrected chi connectivity index (χ0v) is 22.0. The number of hydrogen-bond acceptors (Lipinski definition) is 5. The highest BCUT2D eigenvalue weighted by Gasteiger charge is 2.23. The lowest BCUT2D eigenvalue weighted by Crippen LogP contribution is -2.32. The molecule has 0 bridgehead atoms. The Hall–Kier alpha value is -3.43. The molecule has 1 heterocycles. The molecular formula is C27H23Cl2N3O4S. The first-order valence-electron chi connectivity index (χ1n) is 11.2. The van der Waals surface area contributed by atoms with Crippen LogP contribution >= 0.6 is 23.2 Å². The number of hydrazone groups is 1. The van der Waals surface area contributed by atoms with Crippen LogP contribution in [0.25, 0.3) is 11.3 Å². The number of carbonyl (C=O) groups is 1. The minimum absolute atomic E-state index is 0.117. The van der Waals surface area contributed by atoms with E-state index in [1.165, 1.54) is 18.3 Å². The molecule has 0 aliphatic heterocycles. The predicted octanol–water partition coefficient (Wildman–Crippen LogP) is 6.12. The Labute approximate surface area is 225 Å². The number of sulfonamides is 1. The molecule has 4 rings (SSSR count). The van der Waals surface area contributed by atoms with Gasteiger partial charge in [-0.1, -0.05) is 77.3 Å². The number of hydrogen-bond donors (Lipinski definition) is 2. The van der Waals surface area contributed by atoms with Crippen LogP contribution in [0.2, 0.25) is 10.0 Å². The first kappa shape index (κ1) is 26.6. The Morgan fingerprint density at radius 3 is 2.43 bits per heavy atom. The molecule has 1 atom stereocenters. The lowest BCUT2D eigenvalue weighted by molar-refractivity contribution is -0.121. The molecule has 0 unspecified atom stereocenters. The maximum Gasteiger partial charge on any atom is 0.242 e. The van der Waals surface area contributed by atoms with Crippen LogP contribution in [-0.4, -0.2) is 20.5 Å². The van der Waals surface area contributed by atoms with Crippen molar-refractivity contribution in [3.8, 4) is 11.3 Å². The van der Waals surface area contributed by atoms with Crippen molar-refractivity contribution in [2.24, 2.45) is 5.10 Å². The van der Waals surface area contributed by atoms with Crippen LogP contribution < -0.4 is 10.1 Å². The summed E-state index contributed by atoms with van der Waals surface area (Å²) >= 11 is 12.3. The lowest BCUT2D eigenvalue weighted by atomic mass is 10.0. The van der Waals surface area contributed by atoms with Crippen molar-refractivity contribution in [3.05, 3.63) is 112 Å². The van der Waals surface area contributed by atoms with Gasteiger partial charge in [-0.15, -0.1) is 0 Å². The standard InChI is InChI=1S/C27H23Cl2N3O4S/c1-18-10-13-21(14-11-18)37(34,35)32-24(19-6-3-2-4-7-19)16-26(33)31-30-17-20-12-15-25(36-20)22-8-5-9-23(28)27(22)29/h2-15,17,24,32H,16H2,1H3,(H,31,33)/b30-17-/t24-/m0/s1. The van der Waals surface area contributed by atoms with Crippen molar-refractivity contribution >= 4 is 45.3 Å². The number of carbonyl (C=O) groups excluding carboxylic acids is 1. The van der Waals surface area contributed by atoms with Gasteiger partial charge in [-0.05, 0) is 48.9 Å². The van der Waals surface area contributed by atoms with Gasteiger partial charge in [0.1, 0.15) is 11.5 Å². The highest BCUT2D eigenvalue weighted by Crippen LogP contribution is 2.34. The molecule has 0 spiro atoms. The fourth-order valence-electron chi connectivity index (χ4n) is 3.55. The van der Waals surface area contributed by atoms with Crippen molar-refractivity contribution in [1.82, 2.24) is 10.1 Å². The van der Waals surface area contributed by atoms with Crippen molar-refractivity contribution in [2.45, 2.75) is 24.3 Å². The van der Waals surface area contributed by atoms with Gasteiger partial charge in [-0.2, -0.15) is 5.10 Å². The van der Waals surface area contributed by atoms with Gasteiger partial charge >= 0.3 is 0 Å². The second-order valence-electron chi connectivity index (χ2n) is 8.20. The zero-order chi connectivity index (χ0) is 26.4. The molecule has 0 aliphatic rings. The van der Waals surface area contributed by atoms with Gasteiger partial charge in [0.2, 0.25) is 15.9 Å². The smallest absolute Gasteiger partial charge is 0.242 e. The van der Waals surface area contributed by atoms with E-state index in [1.807, 2.05) is 13.0 Å². The van der Waals surface area contributed by atoms with E-state index in [1.54, 1.807) is 66.7 Å². The van der Waals surface area contributed by atoms with E-state index in [4.69, 9.17) is 27.6 Å². The Morgan fingerprint density at radius 2 is 1.70 bits per heavy atom. The van der Waals surface area contributed by atoms with Crippen LogP contribution in [0, 0.1) is 6.92 Å². The van der Waals surface area contributed by atoms with E-state index in [2.05, 4.69) is 15.2 Å². The zero-order valence-electron chi connectivity index (χ0n) is 19.7. The van der Waals surface area contributed by atoms with E-state index in [-0.39, 0.29) is 11.3 Å². The molecule has 0 saturated heterocycles. The monoisotopic (exact) mass is 555 g/mol. The molecule has 0 fully saturated rings. The fourth-order valence-corrected chi connectivity index (χ4v) is 5.16. The van der Waals surface area contributed by atoms with E-state index < -0.39 is 22.0 Å². The van der Waals surface area contributed by atoms with E-state index >= 15 is 0 Å². The minimum Gasteiger partial charge on any atom is -0.455 e. The first-order valence-corrected chi connectivity index (χ1v) is 13.5. The number of furan rings is 1. The summed E-state index contributed by atoms with van der Waals surface area (Å²) in [7, 11) is -3.87. The Balaban J connectivity index is 1.44. The van der Waals surface area contributed by atoms with E-state index in [9.17, 15) is 13.2 Å². The van der Waals surface area contributed by atoms with E-state index in [0.717, 1.165) is 5.56 Å². The molecule has 4 aromatic rings. The Kier molecular flexibility index (Phi) is 8.45. The molecule has 0 aliphatic carbocycles. The Morgan fingerprint density at radius 1 is 0.973 bits per heavy atom. The summed E-state index contributed by atoms with van der Waals surface area (Å²) in [6.45, 7) is 1.87. The van der Waals surface area contributed by atoms with Gasteiger partial charge in [0.15, 0.2) is 0 Å². The largest absolute Gasteiger partial charge is 0.455 e. The summed E-state index contributed by atoms with van der Waals surface area (Å²) in [5, 5.41) is 4.72. The summed E-state index contributed by atoms with van der Waals surface area (Å²) in [5.74, 6) is 0.391. The third-order valence-corrected chi connectivity index (χ3v) is 7.75. The van der Waals surface area contributed by atoms with E-state index in [0.29, 0.717) is 32.7 Å². The summed E-state index contributed by atoms with van der Waals surface area (Å²) in [6.07, 6.45) is 1.17. The molecular weight excluding hydrogens is 533 g/mol. The quantitative estimate of drug-likeness (QED) is 0.192. The average molecular weight is 556 g/mol. The highest BCUT2D eigenvalue weighted by molar-refractivity contribution is 7.89. The van der Waals surface area contributed by atoms with Crippen LogP contribution in [0.15, 0.2) is 99.3 Å². The van der Waals surface area contributed by atoms with Crippen molar-refractivity contribution in [1.29, 1.82) is 0 Å². The number of nitrogens with one attached hydrogen (secondary N) is 2. The average Bonchev–Trinajstić information content (AvgIpc) is 3.34. The molecule has 0 saturated carbocycles. The van der Waals surface area contributed by atoms with Gasteiger partial charge < -0.3 is 4.42 Å². The minimum atomic E-state index is -3.87. The summed E-state index contributed by atoms with van der Waals surface area (Å²) in [6, 6.07) is 23.2. The third kappa shape index (κ3) is 6.87. The number of benzene rings is 3. The predicted molar refractivity (Wildman–Crippen MR) is 145 cm³/mol. The van der Waals surface area contributed by atoms with Crippen molar-refractivity contribution in [3.63, 3.8) is 0 Å². The summed E-state index contributed by atoms with van der Waals surface area (Å²) < 4.78 is 34.3. The molecule has 37 heavy (non-hydrogen) atoms. The SMILES string of the molecule is Cc1ccc(S(=O)(=O)N[C@@H](CC(=O)N/N=C\c2ccc(-c3cccc(Cl)c3Cl)o2)c2ccccc2)cc1. The normalized spacial score (nSPS) is 12.5. The molecule has 1 amide bonds. The van der Waals surface area contributed by atoms with Gasteiger partial charge in [-0.25, -0.2) is 18.6 Å². The van der Waals surface area contributed by atoms with Gasteiger partial charge in [0, 0.05) is 12.0 Å². The number of nitrogens with zero attached hydrogens (tertiary/aromatic N) is 1. The maximum absolute atomic E-state index is 13.0. The topological polar surface area (TPSA) is 101 Å². The van der Waals surface area contributed by atoms with Crippen molar-refractivity contribution < 1.29 is 17.6 Å². The second kappa shape index (κ2) is 11.7. The fraction of sp³-hybridized carbons (Fsp3) is 0.111. The molecule has 7 nitrogen and oxygen atoms in total. The third-order valence-electron chi connectivity index (χ3n) is 5.45. The molecule has 0 radical (unpaired) electrons. The lowest BCUT2D eigenvalue weighted by Gasteiger charge is -2.18. The molecule has 3 aromatic carbocycles. The number of halogens is 2. The van der Waals surface area contributed by atoms with Crippen molar-refractivity contribution in [2.75, 3.05) is 0 Å². The number of amides is 1. The van der Waals surface area contributed by atoms with Crippen LogP contribution in [0.1, 0.15) is 29.3 Å².